The Morgan fingerprint density at radius 1 is 0.345 bits per heavy atom. The molecule has 0 atom stereocenters. The smallest absolute Gasteiger partial charge is 0.160 e. The molecule has 55 heavy (non-hydrogen) atoms. The summed E-state index contributed by atoms with van der Waals surface area (Å²) >= 11 is 1.86. The van der Waals surface area contributed by atoms with E-state index in [1.165, 1.54) is 42.4 Å². The maximum absolute atomic E-state index is 5.31. The van der Waals surface area contributed by atoms with Crippen molar-refractivity contribution in [3.63, 3.8) is 0 Å². The van der Waals surface area contributed by atoms with Gasteiger partial charge in [-0.25, -0.2) is 9.97 Å². The number of rotatable bonds is 7. The van der Waals surface area contributed by atoms with Crippen LogP contribution in [0.4, 0.5) is 0 Å². The van der Waals surface area contributed by atoms with Crippen molar-refractivity contribution in [1.82, 2.24) is 15.0 Å². The summed E-state index contributed by atoms with van der Waals surface area (Å²) in [5.74, 6) is 0.683. The van der Waals surface area contributed by atoms with Crippen molar-refractivity contribution in [1.29, 1.82) is 0 Å². The SMILES string of the molecule is c1ccc(-c2nc(-c3cccc(-c4cccnc4)c3)cc(-c3cc(-c4ccccc4-c4ccccc4)cc(-c4cccc5c4sc4ccccc45)c3)n2)cc1. The summed E-state index contributed by atoms with van der Waals surface area (Å²) in [6.07, 6.45) is 3.70. The maximum atomic E-state index is 5.31. The molecule has 10 rings (SSSR count). The van der Waals surface area contributed by atoms with E-state index in [9.17, 15) is 0 Å². The molecule has 3 heterocycles. The Labute approximate surface area is 323 Å². The van der Waals surface area contributed by atoms with E-state index < -0.39 is 0 Å². The van der Waals surface area contributed by atoms with Crippen molar-refractivity contribution in [2.24, 2.45) is 0 Å². The number of hydrogen-bond acceptors (Lipinski definition) is 4. The van der Waals surface area contributed by atoms with E-state index in [2.05, 4.69) is 169 Å². The van der Waals surface area contributed by atoms with Crippen LogP contribution < -0.4 is 0 Å². The number of benzene rings is 7. The topological polar surface area (TPSA) is 38.7 Å². The highest BCUT2D eigenvalue weighted by molar-refractivity contribution is 7.26. The largest absolute Gasteiger partial charge is 0.264 e. The number of fused-ring (bicyclic) bond motifs is 3. The van der Waals surface area contributed by atoms with Crippen LogP contribution in [0.5, 0.6) is 0 Å². The predicted octanol–water partition coefficient (Wildman–Crippen LogP) is 13.9. The molecule has 0 spiro atoms. The molecule has 0 bridgehead atoms. The molecule has 0 aliphatic rings. The number of pyridine rings is 1. The summed E-state index contributed by atoms with van der Waals surface area (Å²) in [4.78, 5) is 14.9. The summed E-state index contributed by atoms with van der Waals surface area (Å²) in [5, 5.41) is 2.57. The lowest BCUT2D eigenvalue weighted by Gasteiger charge is -2.16. The van der Waals surface area contributed by atoms with Gasteiger partial charge in [-0.05, 0) is 81.4 Å². The van der Waals surface area contributed by atoms with E-state index in [0.717, 1.165) is 50.3 Å². The lowest BCUT2D eigenvalue weighted by molar-refractivity contribution is 1.18. The molecule has 7 aromatic carbocycles. The third-order valence-corrected chi connectivity index (χ3v) is 11.4. The van der Waals surface area contributed by atoms with Crippen molar-refractivity contribution < 1.29 is 0 Å². The number of aromatic nitrogens is 3. The van der Waals surface area contributed by atoms with Crippen LogP contribution in [0.2, 0.25) is 0 Å². The molecule has 258 valence electrons. The fourth-order valence-electron chi connectivity index (χ4n) is 7.52. The Bertz CT molecular complexity index is 2970. The summed E-state index contributed by atoms with van der Waals surface area (Å²) in [6, 6.07) is 66.7. The van der Waals surface area contributed by atoms with Gasteiger partial charge in [0, 0.05) is 54.8 Å². The van der Waals surface area contributed by atoms with Crippen LogP contribution in [-0.4, -0.2) is 15.0 Å². The van der Waals surface area contributed by atoms with Crippen LogP contribution >= 0.6 is 11.3 Å². The lowest BCUT2D eigenvalue weighted by Crippen LogP contribution is -1.97. The Kier molecular flexibility index (Phi) is 8.36. The molecule has 0 aliphatic carbocycles. The Balaban J connectivity index is 1.22. The van der Waals surface area contributed by atoms with Crippen molar-refractivity contribution in [3.05, 3.63) is 200 Å². The van der Waals surface area contributed by atoms with E-state index in [-0.39, 0.29) is 0 Å². The van der Waals surface area contributed by atoms with Crippen LogP contribution in [0.25, 0.3) is 98.6 Å². The number of hydrogen-bond donors (Lipinski definition) is 0. The van der Waals surface area contributed by atoms with Gasteiger partial charge in [-0.15, -0.1) is 11.3 Å². The first kappa shape index (κ1) is 32.6. The molecular formula is C51H33N3S. The van der Waals surface area contributed by atoms with Crippen molar-refractivity contribution in [2.75, 3.05) is 0 Å². The highest BCUT2D eigenvalue weighted by atomic mass is 32.1. The molecule has 0 saturated heterocycles. The van der Waals surface area contributed by atoms with E-state index in [4.69, 9.17) is 9.97 Å². The molecule has 3 aromatic heterocycles. The molecule has 4 heteroatoms. The third-order valence-electron chi connectivity index (χ3n) is 10.2. The predicted molar refractivity (Wildman–Crippen MR) is 231 cm³/mol. The summed E-state index contributed by atoms with van der Waals surface area (Å²) in [7, 11) is 0. The zero-order chi connectivity index (χ0) is 36.6. The quantitative estimate of drug-likeness (QED) is 0.165. The Hall–Kier alpha value is -7.01. The van der Waals surface area contributed by atoms with Crippen LogP contribution in [0.15, 0.2) is 200 Å². The summed E-state index contributed by atoms with van der Waals surface area (Å²) in [6.45, 7) is 0. The average molecular weight is 720 g/mol. The normalized spacial score (nSPS) is 11.3. The summed E-state index contributed by atoms with van der Waals surface area (Å²) < 4.78 is 2.57. The van der Waals surface area contributed by atoms with Crippen LogP contribution in [0, 0.1) is 0 Å². The Morgan fingerprint density at radius 3 is 1.67 bits per heavy atom. The second-order valence-corrected chi connectivity index (χ2v) is 14.7. The van der Waals surface area contributed by atoms with Crippen LogP contribution in [0.3, 0.4) is 0 Å². The fourth-order valence-corrected chi connectivity index (χ4v) is 8.75. The number of thiophene rings is 1. The monoisotopic (exact) mass is 719 g/mol. The first-order valence-electron chi connectivity index (χ1n) is 18.4. The van der Waals surface area contributed by atoms with Crippen LogP contribution in [-0.2, 0) is 0 Å². The standard InChI is InChI=1S/C51H33N3S/c1-3-14-34(15-4-1)42-21-7-8-22-43(42)39-29-40(44-24-12-25-46-45-23-9-10-26-49(45)55-50(44)46)31-41(30-39)48-32-47(53-51(54-48)35-16-5-2-6-17-35)37-19-11-18-36(28-37)38-20-13-27-52-33-38/h1-33H. The molecule has 0 fully saturated rings. The van der Waals surface area contributed by atoms with Gasteiger partial charge in [0.1, 0.15) is 0 Å². The van der Waals surface area contributed by atoms with E-state index in [0.29, 0.717) is 5.82 Å². The highest BCUT2D eigenvalue weighted by Crippen LogP contribution is 2.43. The molecule has 0 amide bonds. The molecule has 10 aromatic rings. The molecule has 0 saturated carbocycles. The van der Waals surface area contributed by atoms with Gasteiger partial charge in [-0.2, -0.15) is 0 Å². The first-order valence-corrected chi connectivity index (χ1v) is 19.2. The van der Waals surface area contributed by atoms with Crippen molar-refractivity contribution in [2.45, 2.75) is 0 Å². The second kappa shape index (κ2) is 14.1. The van der Waals surface area contributed by atoms with Crippen molar-refractivity contribution >= 4 is 31.5 Å². The second-order valence-electron chi connectivity index (χ2n) is 13.6. The average Bonchev–Trinajstić information content (AvgIpc) is 3.66. The fraction of sp³-hybridized carbons (Fsp3) is 0. The third kappa shape index (κ3) is 6.29. The maximum Gasteiger partial charge on any atom is 0.160 e. The van der Waals surface area contributed by atoms with E-state index >= 15 is 0 Å². The zero-order valence-electron chi connectivity index (χ0n) is 29.8. The van der Waals surface area contributed by atoms with Gasteiger partial charge in [-0.1, -0.05) is 146 Å². The highest BCUT2D eigenvalue weighted by Gasteiger charge is 2.17. The van der Waals surface area contributed by atoms with Gasteiger partial charge in [0.15, 0.2) is 5.82 Å². The Morgan fingerprint density at radius 2 is 0.891 bits per heavy atom. The van der Waals surface area contributed by atoms with Gasteiger partial charge in [0.05, 0.1) is 11.4 Å². The van der Waals surface area contributed by atoms with Gasteiger partial charge < -0.3 is 0 Å². The summed E-state index contributed by atoms with van der Waals surface area (Å²) in [5.41, 5.74) is 13.9. The van der Waals surface area contributed by atoms with E-state index in [1.807, 2.05) is 41.8 Å². The minimum absolute atomic E-state index is 0.683. The van der Waals surface area contributed by atoms with Crippen molar-refractivity contribution in [3.8, 4) is 78.4 Å². The minimum atomic E-state index is 0.683. The number of nitrogens with zero attached hydrogens (tertiary/aromatic N) is 3. The molecule has 0 radical (unpaired) electrons. The molecule has 0 unspecified atom stereocenters. The van der Waals surface area contributed by atoms with E-state index in [1.54, 1.807) is 6.20 Å². The molecular weight excluding hydrogens is 687 g/mol. The van der Waals surface area contributed by atoms with Gasteiger partial charge in [0.25, 0.3) is 0 Å². The lowest BCUT2D eigenvalue weighted by atomic mass is 9.90. The zero-order valence-corrected chi connectivity index (χ0v) is 30.6. The van der Waals surface area contributed by atoms with Crippen LogP contribution in [0.1, 0.15) is 0 Å². The minimum Gasteiger partial charge on any atom is -0.264 e. The first-order chi connectivity index (χ1) is 27.2. The van der Waals surface area contributed by atoms with Gasteiger partial charge >= 0.3 is 0 Å². The molecule has 0 aliphatic heterocycles. The molecule has 0 N–H and O–H groups in total. The van der Waals surface area contributed by atoms with Gasteiger partial charge in [0.2, 0.25) is 0 Å². The molecule has 3 nitrogen and oxygen atoms in total. The van der Waals surface area contributed by atoms with Gasteiger partial charge in [-0.3, -0.25) is 4.98 Å².